The predicted octanol–water partition coefficient (Wildman–Crippen LogP) is 1.22. The molecule has 68 valence electrons. The second-order valence-electron chi connectivity index (χ2n) is 4.26. The van der Waals surface area contributed by atoms with Crippen molar-refractivity contribution in [2.24, 2.45) is 11.8 Å². The van der Waals surface area contributed by atoms with Crippen molar-refractivity contribution in [3.05, 3.63) is 12.2 Å². The summed E-state index contributed by atoms with van der Waals surface area (Å²) in [5, 5.41) is 9.38. The fraction of sp³-hybridized carbons (Fsp3) is 0.800. The third kappa shape index (κ3) is 1.29. The summed E-state index contributed by atoms with van der Waals surface area (Å²) in [5.41, 5.74) is 1.41. The lowest BCUT2D eigenvalue weighted by Crippen LogP contribution is -2.31. The van der Waals surface area contributed by atoms with Crippen molar-refractivity contribution in [1.82, 2.24) is 4.90 Å². The van der Waals surface area contributed by atoms with Crippen molar-refractivity contribution >= 4 is 0 Å². The average Bonchev–Trinajstić information content (AvgIpc) is 2.42. The highest BCUT2D eigenvalue weighted by atomic mass is 16.3. The SMILES string of the molecule is C=C1C[C@@H]2CN([C@H](C)O)C[C@@H]2C1. The third-order valence-corrected chi connectivity index (χ3v) is 3.23. The molecule has 0 aromatic carbocycles. The van der Waals surface area contributed by atoms with Gasteiger partial charge in [0.05, 0.1) is 0 Å². The van der Waals surface area contributed by atoms with Crippen LogP contribution in [0.25, 0.3) is 0 Å². The number of nitrogens with zero attached hydrogens (tertiary/aromatic N) is 1. The van der Waals surface area contributed by atoms with Crippen LogP contribution in [0.4, 0.5) is 0 Å². The number of hydrogen-bond acceptors (Lipinski definition) is 2. The number of allylic oxidation sites excluding steroid dienone is 1. The van der Waals surface area contributed by atoms with E-state index in [4.69, 9.17) is 0 Å². The Hall–Kier alpha value is -0.340. The van der Waals surface area contributed by atoms with Gasteiger partial charge in [0.2, 0.25) is 0 Å². The summed E-state index contributed by atoms with van der Waals surface area (Å²) < 4.78 is 0. The molecule has 0 amide bonds. The van der Waals surface area contributed by atoms with Gasteiger partial charge in [-0.1, -0.05) is 12.2 Å². The molecule has 0 bridgehead atoms. The van der Waals surface area contributed by atoms with E-state index in [1.54, 1.807) is 0 Å². The number of likely N-dealkylation sites (tertiary alicyclic amines) is 1. The van der Waals surface area contributed by atoms with E-state index in [9.17, 15) is 5.11 Å². The number of fused-ring (bicyclic) bond motifs is 1. The molecular formula is C10H17NO. The second kappa shape index (κ2) is 2.86. The number of rotatable bonds is 1. The van der Waals surface area contributed by atoms with E-state index in [2.05, 4.69) is 11.5 Å². The van der Waals surface area contributed by atoms with Crippen molar-refractivity contribution in [2.75, 3.05) is 13.1 Å². The van der Waals surface area contributed by atoms with Gasteiger partial charge in [0.25, 0.3) is 0 Å². The Labute approximate surface area is 73.9 Å². The van der Waals surface area contributed by atoms with Crippen LogP contribution >= 0.6 is 0 Å². The standard InChI is InChI=1S/C10H17NO/c1-7-3-9-5-11(8(2)12)6-10(9)4-7/h8-10,12H,1,3-6H2,2H3/t8-,9-,10+/m0/s1. The van der Waals surface area contributed by atoms with E-state index in [-0.39, 0.29) is 6.23 Å². The summed E-state index contributed by atoms with van der Waals surface area (Å²) in [7, 11) is 0. The van der Waals surface area contributed by atoms with Crippen LogP contribution in [0.2, 0.25) is 0 Å². The van der Waals surface area contributed by atoms with Crippen molar-refractivity contribution < 1.29 is 5.11 Å². The van der Waals surface area contributed by atoms with Gasteiger partial charge in [0.15, 0.2) is 0 Å². The van der Waals surface area contributed by atoms with Gasteiger partial charge in [-0.05, 0) is 31.6 Å². The summed E-state index contributed by atoms with van der Waals surface area (Å²) in [6, 6.07) is 0. The Bertz CT molecular complexity index is 184. The second-order valence-corrected chi connectivity index (χ2v) is 4.26. The molecule has 2 fully saturated rings. The van der Waals surface area contributed by atoms with E-state index in [0.29, 0.717) is 0 Å². The van der Waals surface area contributed by atoms with Crippen LogP contribution in [0, 0.1) is 11.8 Å². The summed E-state index contributed by atoms with van der Waals surface area (Å²) in [6.07, 6.45) is 2.12. The van der Waals surface area contributed by atoms with Crippen LogP contribution < -0.4 is 0 Å². The van der Waals surface area contributed by atoms with Gasteiger partial charge < -0.3 is 5.11 Å². The zero-order valence-corrected chi connectivity index (χ0v) is 7.66. The molecule has 0 spiro atoms. The molecule has 2 aliphatic rings. The topological polar surface area (TPSA) is 23.5 Å². The Morgan fingerprint density at radius 1 is 1.42 bits per heavy atom. The van der Waals surface area contributed by atoms with E-state index >= 15 is 0 Å². The molecule has 1 heterocycles. The van der Waals surface area contributed by atoms with Crippen LogP contribution in [0.1, 0.15) is 19.8 Å². The first-order valence-corrected chi connectivity index (χ1v) is 4.75. The molecule has 0 unspecified atom stereocenters. The molecule has 0 radical (unpaired) electrons. The van der Waals surface area contributed by atoms with E-state index < -0.39 is 0 Å². The number of hydrogen-bond donors (Lipinski definition) is 1. The van der Waals surface area contributed by atoms with Crippen molar-refractivity contribution in [2.45, 2.75) is 26.0 Å². The van der Waals surface area contributed by atoms with E-state index in [1.165, 1.54) is 18.4 Å². The van der Waals surface area contributed by atoms with Crippen molar-refractivity contribution in [3.63, 3.8) is 0 Å². The normalized spacial score (nSPS) is 38.7. The zero-order chi connectivity index (χ0) is 8.72. The predicted molar refractivity (Wildman–Crippen MR) is 48.6 cm³/mol. The van der Waals surface area contributed by atoms with Gasteiger partial charge in [-0.3, -0.25) is 4.90 Å². The maximum absolute atomic E-state index is 9.38. The van der Waals surface area contributed by atoms with E-state index in [0.717, 1.165) is 24.9 Å². The van der Waals surface area contributed by atoms with Crippen LogP contribution in [0.15, 0.2) is 12.2 Å². The molecule has 1 aliphatic heterocycles. The van der Waals surface area contributed by atoms with Crippen LogP contribution in [0.5, 0.6) is 0 Å². The molecule has 1 N–H and O–H groups in total. The van der Waals surface area contributed by atoms with Gasteiger partial charge in [0, 0.05) is 13.1 Å². The van der Waals surface area contributed by atoms with Gasteiger partial charge in [0.1, 0.15) is 6.23 Å². The molecule has 12 heavy (non-hydrogen) atoms. The lowest BCUT2D eigenvalue weighted by Gasteiger charge is -2.19. The smallest absolute Gasteiger partial charge is 0.104 e. The quantitative estimate of drug-likeness (QED) is 0.594. The van der Waals surface area contributed by atoms with Crippen molar-refractivity contribution in [3.8, 4) is 0 Å². The van der Waals surface area contributed by atoms with Gasteiger partial charge in [-0.2, -0.15) is 0 Å². The zero-order valence-electron chi connectivity index (χ0n) is 7.66. The summed E-state index contributed by atoms with van der Waals surface area (Å²) in [5.74, 6) is 1.57. The maximum Gasteiger partial charge on any atom is 0.104 e. The Kier molecular flexibility index (Phi) is 1.97. The molecule has 0 aromatic rings. The molecule has 0 aromatic heterocycles. The van der Waals surface area contributed by atoms with Gasteiger partial charge >= 0.3 is 0 Å². The third-order valence-electron chi connectivity index (χ3n) is 3.23. The molecule has 1 aliphatic carbocycles. The molecule has 1 saturated heterocycles. The molecule has 2 rings (SSSR count). The largest absolute Gasteiger partial charge is 0.379 e. The van der Waals surface area contributed by atoms with E-state index in [1.807, 2.05) is 6.92 Å². The Morgan fingerprint density at radius 3 is 2.33 bits per heavy atom. The first-order chi connectivity index (χ1) is 5.66. The molecule has 1 saturated carbocycles. The molecule has 2 nitrogen and oxygen atoms in total. The highest BCUT2D eigenvalue weighted by Gasteiger charge is 2.38. The Balaban J connectivity index is 1.97. The highest BCUT2D eigenvalue weighted by Crippen LogP contribution is 2.40. The summed E-state index contributed by atoms with van der Waals surface area (Å²) >= 11 is 0. The molecule has 2 heteroatoms. The molecule has 3 atom stereocenters. The number of aliphatic hydroxyl groups excluding tert-OH is 1. The maximum atomic E-state index is 9.38. The first-order valence-electron chi connectivity index (χ1n) is 4.75. The monoisotopic (exact) mass is 167 g/mol. The van der Waals surface area contributed by atoms with Gasteiger partial charge in [-0.25, -0.2) is 0 Å². The fourth-order valence-corrected chi connectivity index (χ4v) is 2.57. The molecular weight excluding hydrogens is 150 g/mol. The summed E-state index contributed by atoms with van der Waals surface area (Å²) in [6.45, 7) is 8.02. The number of aliphatic hydroxyl groups is 1. The minimum absolute atomic E-state index is 0.260. The lowest BCUT2D eigenvalue weighted by atomic mass is 10.0. The minimum atomic E-state index is -0.260. The van der Waals surface area contributed by atoms with Crippen LogP contribution in [-0.2, 0) is 0 Å². The van der Waals surface area contributed by atoms with Gasteiger partial charge in [-0.15, -0.1) is 0 Å². The van der Waals surface area contributed by atoms with Crippen molar-refractivity contribution in [1.29, 1.82) is 0 Å². The fourth-order valence-electron chi connectivity index (χ4n) is 2.57. The average molecular weight is 167 g/mol. The van der Waals surface area contributed by atoms with Crippen LogP contribution in [-0.4, -0.2) is 29.3 Å². The summed E-state index contributed by atoms with van der Waals surface area (Å²) in [4.78, 5) is 2.17. The Morgan fingerprint density at radius 2 is 1.92 bits per heavy atom. The lowest BCUT2D eigenvalue weighted by molar-refractivity contribution is 0.0316. The first kappa shape index (κ1) is 8.27. The minimum Gasteiger partial charge on any atom is -0.379 e. The highest BCUT2D eigenvalue weighted by molar-refractivity contribution is 5.09. The van der Waals surface area contributed by atoms with Crippen LogP contribution in [0.3, 0.4) is 0 Å².